The van der Waals surface area contributed by atoms with E-state index in [-0.39, 0.29) is 12.1 Å². The van der Waals surface area contributed by atoms with E-state index in [0.717, 1.165) is 6.07 Å². The van der Waals surface area contributed by atoms with Gasteiger partial charge in [0.25, 0.3) is 0 Å². The lowest BCUT2D eigenvalue weighted by atomic mass is 9.89. The largest absolute Gasteiger partial charge is 0.468 e. The van der Waals surface area contributed by atoms with E-state index in [4.69, 9.17) is 0 Å². The minimum Gasteiger partial charge on any atom is -0.468 e. The number of aliphatic hydroxyl groups excluding tert-OH is 1. The molecule has 0 spiro atoms. The van der Waals surface area contributed by atoms with Crippen LogP contribution in [-0.4, -0.2) is 41.6 Å². The van der Waals surface area contributed by atoms with Crippen LogP contribution >= 0.6 is 0 Å². The number of hydrogen-bond donors (Lipinski definition) is 3. The number of ether oxygens (including phenoxy) is 1. The first kappa shape index (κ1) is 23.8. The van der Waals surface area contributed by atoms with Gasteiger partial charge < -0.3 is 20.5 Å². The molecule has 3 N–H and O–H groups in total. The second kappa shape index (κ2) is 8.84. The van der Waals surface area contributed by atoms with E-state index < -0.39 is 54.6 Å². The van der Waals surface area contributed by atoms with Gasteiger partial charge in [0, 0.05) is 19.2 Å². The highest BCUT2D eigenvalue weighted by Gasteiger charge is 2.34. The summed E-state index contributed by atoms with van der Waals surface area (Å²) in [6.07, 6.45) is -10.5. The van der Waals surface area contributed by atoms with Gasteiger partial charge >= 0.3 is 18.4 Å². The molecular formula is C16H21F6N3O3. The fraction of sp³-hybridized carbons (Fsp3) is 0.625. The van der Waals surface area contributed by atoms with Crippen molar-refractivity contribution in [3.8, 4) is 5.88 Å². The van der Waals surface area contributed by atoms with E-state index in [0.29, 0.717) is 6.07 Å². The Balaban J connectivity index is 2.79. The van der Waals surface area contributed by atoms with Gasteiger partial charge in [-0.15, -0.1) is 0 Å². The zero-order valence-electron chi connectivity index (χ0n) is 15.3. The Bertz CT molecular complexity index is 671. The average Bonchev–Trinajstić information content (AvgIpc) is 2.53. The molecule has 0 aliphatic heterocycles. The van der Waals surface area contributed by atoms with Gasteiger partial charge in [0.2, 0.25) is 5.88 Å². The molecule has 0 fully saturated rings. The Morgan fingerprint density at radius 2 is 1.75 bits per heavy atom. The Hall–Kier alpha value is -2.24. The second-order valence-electron chi connectivity index (χ2n) is 7.05. The summed E-state index contributed by atoms with van der Waals surface area (Å²) in [5, 5.41) is 14.4. The fourth-order valence-electron chi connectivity index (χ4n) is 1.78. The standard InChI is InChI=1S/C16H21F6N3O3/c1-14(2,3)11(26)7-24-13(27)23-6-9-4-10(16(20,21)22)25-12(5-9)28-8-15(17,18)19/h4-5,11,26H,6-8H2,1-3H3,(H2,23,24,27)/t11-/m0/s1. The highest BCUT2D eigenvalue weighted by Crippen LogP contribution is 2.30. The Labute approximate surface area is 157 Å². The zero-order chi connectivity index (χ0) is 21.8. The summed E-state index contributed by atoms with van der Waals surface area (Å²) in [5.41, 5.74) is -2.11. The molecule has 0 aliphatic rings. The number of aliphatic hydroxyl groups is 1. The molecule has 28 heavy (non-hydrogen) atoms. The van der Waals surface area contributed by atoms with Gasteiger partial charge in [0.15, 0.2) is 6.61 Å². The third-order valence-corrected chi connectivity index (χ3v) is 3.44. The lowest BCUT2D eigenvalue weighted by Crippen LogP contribution is -2.43. The number of nitrogens with zero attached hydrogens (tertiary/aromatic N) is 1. The first-order valence-corrected chi connectivity index (χ1v) is 8.05. The van der Waals surface area contributed by atoms with Crippen LogP contribution in [0.2, 0.25) is 0 Å². The van der Waals surface area contributed by atoms with E-state index in [1.54, 1.807) is 20.8 Å². The zero-order valence-corrected chi connectivity index (χ0v) is 15.3. The van der Waals surface area contributed by atoms with E-state index in [9.17, 15) is 36.2 Å². The maximum absolute atomic E-state index is 12.9. The fourth-order valence-corrected chi connectivity index (χ4v) is 1.78. The molecule has 0 unspecified atom stereocenters. The van der Waals surface area contributed by atoms with E-state index in [1.165, 1.54) is 0 Å². The highest BCUT2D eigenvalue weighted by molar-refractivity contribution is 5.73. The van der Waals surface area contributed by atoms with Crippen LogP contribution in [0, 0.1) is 5.41 Å². The van der Waals surface area contributed by atoms with E-state index in [1.807, 2.05) is 0 Å². The molecule has 1 rings (SSSR count). The summed E-state index contributed by atoms with van der Waals surface area (Å²) in [5.74, 6) is -0.868. The Morgan fingerprint density at radius 1 is 1.14 bits per heavy atom. The maximum atomic E-state index is 12.9. The first-order chi connectivity index (χ1) is 12.6. The summed E-state index contributed by atoms with van der Waals surface area (Å²) < 4.78 is 79.5. The van der Waals surface area contributed by atoms with Gasteiger partial charge in [-0.1, -0.05) is 20.8 Å². The molecule has 1 aromatic heterocycles. The van der Waals surface area contributed by atoms with Gasteiger partial charge in [-0.3, -0.25) is 0 Å². The molecule has 0 aliphatic carbocycles. The lowest BCUT2D eigenvalue weighted by molar-refractivity contribution is -0.154. The number of urea groups is 1. The molecule has 0 aromatic carbocycles. The predicted octanol–water partition coefficient (Wildman–Crippen LogP) is 3.25. The van der Waals surface area contributed by atoms with Gasteiger partial charge in [0.1, 0.15) is 5.69 Å². The second-order valence-corrected chi connectivity index (χ2v) is 7.05. The van der Waals surface area contributed by atoms with Crippen molar-refractivity contribution in [2.75, 3.05) is 13.2 Å². The lowest BCUT2D eigenvalue weighted by Gasteiger charge is -2.25. The smallest absolute Gasteiger partial charge is 0.433 e. The van der Waals surface area contributed by atoms with Gasteiger partial charge in [-0.05, 0) is 17.0 Å². The molecule has 0 saturated heterocycles. The van der Waals surface area contributed by atoms with Crippen LogP contribution in [0.5, 0.6) is 5.88 Å². The average molecular weight is 417 g/mol. The topological polar surface area (TPSA) is 83.5 Å². The predicted molar refractivity (Wildman–Crippen MR) is 86.5 cm³/mol. The molecule has 1 atom stereocenters. The van der Waals surface area contributed by atoms with Crippen molar-refractivity contribution >= 4 is 6.03 Å². The van der Waals surface area contributed by atoms with Gasteiger partial charge in [0.05, 0.1) is 6.10 Å². The molecular weight excluding hydrogens is 396 g/mol. The summed E-state index contributed by atoms with van der Waals surface area (Å²) in [7, 11) is 0. The number of aromatic nitrogens is 1. The van der Waals surface area contributed by atoms with Crippen LogP contribution in [0.4, 0.5) is 31.1 Å². The number of pyridine rings is 1. The van der Waals surface area contributed by atoms with Crippen molar-refractivity contribution in [1.82, 2.24) is 15.6 Å². The summed E-state index contributed by atoms with van der Waals surface area (Å²) in [6, 6.07) is 0.683. The number of amides is 2. The third kappa shape index (κ3) is 8.63. The molecule has 0 radical (unpaired) electrons. The van der Waals surface area contributed by atoms with Gasteiger partial charge in [-0.25, -0.2) is 9.78 Å². The minimum atomic E-state index is -4.91. The summed E-state index contributed by atoms with van der Waals surface area (Å²) in [6.45, 7) is 2.91. The molecule has 2 amide bonds. The quantitative estimate of drug-likeness (QED) is 0.621. The number of nitrogens with one attached hydrogen (secondary N) is 2. The molecule has 160 valence electrons. The third-order valence-electron chi connectivity index (χ3n) is 3.44. The van der Waals surface area contributed by atoms with Crippen molar-refractivity contribution in [2.24, 2.45) is 5.41 Å². The van der Waals surface area contributed by atoms with Crippen molar-refractivity contribution in [3.63, 3.8) is 0 Å². The van der Waals surface area contributed by atoms with Crippen LogP contribution in [-0.2, 0) is 12.7 Å². The van der Waals surface area contributed by atoms with Crippen LogP contribution in [0.1, 0.15) is 32.0 Å². The number of carbonyl (C=O) groups excluding carboxylic acids is 1. The van der Waals surface area contributed by atoms with E-state index in [2.05, 4.69) is 20.4 Å². The molecule has 12 heteroatoms. The monoisotopic (exact) mass is 417 g/mol. The summed E-state index contributed by atoms with van der Waals surface area (Å²) >= 11 is 0. The first-order valence-electron chi connectivity index (χ1n) is 8.05. The maximum Gasteiger partial charge on any atom is 0.433 e. The van der Waals surface area contributed by atoms with Crippen LogP contribution < -0.4 is 15.4 Å². The molecule has 6 nitrogen and oxygen atoms in total. The van der Waals surface area contributed by atoms with Crippen molar-refractivity contribution < 1.29 is 41.0 Å². The van der Waals surface area contributed by atoms with Crippen LogP contribution in [0.25, 0.3) is 0 Å². The van der Waals surface area contributed by atoms with Crippen LogP contribution in [0.3, 0.4) is 0 Å². The number of alkyl halides is 6. The number of hydrogen-bond acceptors (Lipinski definition) is 4. The van der Waals surface area contributed by atoms with Crippen molar-refractivity contribution in [1.29, 1.82) is 0 Å². The van der Waals surface area contributed by atoms with Crippen molar-refractivity contribution in [2.45, 2.75) is 45.8 Å². The molecule has 0 saturated carbocycles. The van der Waals surface area contributed by atoms with Crippen molar-refractivity contribution in [3.05, 3.63) is 23.4 Å². The Morgan fingerprint density at radius 3 is 2.25 bits per heavy atom. The normalized spacial score (nSPS) is 13.8. The minimum absolute atomic E-state index is 0.0978. The van der Waals surface area contributed by atoms with Crippen LogP contribution in [0.15, 0.2) is 12.1 Å². The number of rotatable bonds is 6. The highest BCUT2D eigenvalue weighted by atomic mass is 19.4. The molecule has 0 bridgehead atoms. The SMILES string of the molecule is CC(C)(C)[C@@H](O)CNC(=O)NCc1cc(OCC(F)(F)F)nc(C(F)(F)F)c1. The summed E-state index contributed by atoms with van der Waals surface area (Å²) in [4.78, 5) is 14.7. The van der Waals surface area contributed by atoms with E-state index >= 15 is 0 Å². The molecule has 1 heterocycles. The van der Waals surface area contributed by atoms with Gasteiger partial charge in [-0.2, -0.15) is 26.3 Å². The number of halogens is 6. The Kier molecular flexibility index (Phi) is 7.52. The number of carbonyl (C=O) groups is 1. The molecule has 1 aromatic rings.